The molecule has 0 radical (unpaired) electrons. The molecule has 6 nitrogen and oxygen atoms in total. The van der Waals surface area contributed by atoms with E-state index in [1.54, 1.807) is 11.3 Å². The van der Waals surface area contributed by atoms with Crippen molar-refractivity contribution in [3.63, 3.8) is 0 Å². The van der Waals surface area contributed by atoms with Gasteiger partial charge in [-0.25, -0.2) is 9.97 Å². The third kappa shape index (κ3) is 4.11. The molecule has 3 aromatic rings. The minimum Gasteiger partial charge on any atom is -0.394 e. The van der Waals surface area contributed by atoms with Gasteiger partial charge in [-0.3, -0.25) is 4.90 Å². The van der Waals surface area contributed by atoms with Crippen LogP contribution in [0.1, 0.15) is 12.7 Å². The highest BCUT2D eigenvalue weighted by Gasteiger charge is 2.19. The Balaban J connectivity index is 1.75. The summed E-state index contributed by atoms with van der Waals surface area (Å²) in [6, 6.07) is 10.2. The molecule has 27 heavy (non-hydrogen) atoms. The Morgan fingerprint density at radius 2 is 2.00 bits per heavy atom. The maximum atomic E-state index is 9.51. The number of aliphatic hydroxyl groups excluding tert-OH is 1. The van der Waals surface area contributed by atoms with E-state index in [0.29, 0.717) is 6.54 Å². The summed E-state index contributed by atoms with van der Waals surface area (Å²) in [5.74, 6) is 1.60. The fourth-order valence-corrected chi connectivity index (χ4v) is 4.20. The van der Waals surface area contributed by atoms with E-state index in [0.717, 1.165) is 59.3 Å². The van der Waals surface area contributed by atoms with Crippen molar-refractivity contribution < 1.29 is 9.84 Å². The van der Waals surface area contributed by atoms with Crippen molar-refractivity contribution in [2.75, 3.05) is 38.2 Å². The van der Waals surface area contributed by atoms with Gasteiger partial charge in [0.25, 0.3) is 0 Å². The molecule has 7 heteroatoms. The van der Waals surface area contributed by atoms with Crippen molar-refractivity contribution in [2.24, 2.45) is 0 Å². The number of nitrogens with zero attached hydrogens (tertiary/aromatic N) is 3. The molecule has 2 N–H and O–H groups in total. The average Bonchev–Trinajstić information content (AvgIpc) is 3.13. The van der Waals surface area contributed by atoms with Gasteiger partial charge in [-0.05, 0) is 12.5 Å². The van der Waals surface area contributed by atoms with E-state index in [-0.39, 0.29) is 12.6 Å². The third-order valence-electron chi connectivity index (χ3n) is 4.69. The quantitative estimate of drug-likeness (QED) is 0.681. The van der Waals surface area contributed by atoms with E-state index in [4.69, 9.17) is 14.7 Å². The number of thiophene rings is 1. The SMILES string of the molecule is CC(CO)Nc1nc(CN2CCOCC2)nc2scc(-c3ccccc3)c12. The van der Waals surface area contributed by atoms with Crippen LogP contribution in [0.3, 0.4) is 0 Å². The van der Waals surface area contributed by atoms with Crippen LogP contribution in [0.4, 0.5) is 5.82 Å². The van der Waals surface area contributed by atoms with Crippen molar-refractivity contribution in [1.29, 1.82) is 0 Å². The number of ether oxygens (including phenoxy) is 1. The van der Waals surface area contributed by atoms with Gasteiger partial charge >= 0.3 is 0 Å². The van der Waals surface area contributed by atoms with Crippen molar-refractivity contribution in [3.8, 4) is 11.1 Å². The van der Waals surface area contributed by atoms with Gasteiger partial charge in [-0.15, -0.1) is 11.3 Å². The molecule has 142 valence electrons. The highest BCUT2D eigenvalue weighted by Crippen LogP contribution is 2.37. The first-order valence-electron chi connectivity index (χ1n) is 9.25. The lowest BCUT2D eigenvalue weighted by Gasteiger charge is -2.26. The number of aliphatic hydroxyl groups is 1. The Bertz CT molecular complexity index is 894. The van der Waals surface area contributed by atoms with E-state index in [9.17, 15) is 5.11 Å². The van der Waals surface area contributed by atoms with Crippen molar-refractivity contribution in [3.05, 3.63) is 41.5 Å². The largest absolute Gasteiger partial charge is 0.394 e. The Morgan fingerprint density at radius 1 is 1.22 bits per heavy atom. The lowest BCUT2D eigenvalue weighted by molar-refractivity contribution is 0.0331. The van der Waals surface area contributed by atoms with Crippen LogP contribution in [0.15, 0.2) is 35.7 Å². The summed E-state index contributed by atoms with van der Waals surface area (Å²) >= 11 is 1.64. The number of hydrogen-bond donors (Lipinski definition) is 2. The number of anilines is 1. The van der Waals surface area contributed by atoms with Gasteiger partial charge < -0.3 is 15.2 Å². The molecule has 3 heterocycles. The van der Waals surface area contributed by atoms with E-state index in [2.05, 4.69) is 27.7 Å². The summed E-state index contributed by atoms with van der Waals surface area (Å²) in [5.41, 5.74) is 2.27. The number of hydrogen-bond acceptors (Lipinski definition) is 7. The van der Waals surface area contributed by atoms with Crippen LogP contribution >= 0.6 is 11.3 Å². The van der Waals surface area contributed by atoms with Crippen LogP contribution in [-0.2, 0) is 11.3 Å². The number of benzene rings is 1. The summed E-state index contributed by atoms with van der Waals surface area (Å²) in [6.07, 6.45) is 0. The Morgan fingerprint density at radius 3 is 2.74 bits per heavy atom. The highest BCUT2D eigenvalue weighted by atomic mass is 32.1. The molecule has 1 unspecified atom stereocenters. The maximum absolute atomic E-state index is 9.51. The van der Waals surface area contributed by atoms with Gasteiger partial charge in [0.1, 0.15) is 16.5 Å². The first-order chi connectivity index (χ1) is 13.2. The number of nitrogens with one attached hydrogen (secondary N) is 1. The Hall–Kier alpha value is -2.06. The first kappa shape index (κ1) is 18.3. The van der Waals surface area contributed by atoms with Crippen LogP contribution in [0.25, 0.3) is 21.3 Å². The van der Waals surface area contributed by atoms with E-state index >= 15 is 0 Å². The second-order valence-corrected chi connectivity index (χ2v) is 7.66. The minimum atomic E-state index is -0.0807. The van der Waals surface area contributed by atoms with Gasteiger partial charge in [-0.1, -0.05) is 30.3 Å². The Labute approximate surface area is 162 Å². The van der Waals surface area contributed by atoms with E-state index in [1.165, 1.54) is 0 Å². The molecule has 1 saturated heterocycles. The summed E-state index contributed by atoms with van der Waals surface area (Å²) in [4.78, 5) is 13.0. The molecular formula is C20H24N4O2S. The van der Waals surface area contributed by atoms with Crippen LogP contribution in [-0.4, -0.2) is 58.9 Å². The molecule has 1 aliphatic heterocycles. The van der Waals surface area contributed by atoms with Gasteiger partial charge in [0, 0.05) is 30.1 Å². The summed E-state index contributed by atoms with van der Waals surface area (Å²) < 4.78 is 5.43. The van der Waals surface area contributed by atoms with Crippen LogP contribution < -0.4 is 5.32 Å². The number of morpholine rings is 1. The fourth-order valence-electron chi connectivity index (χ4n) is 3.23. The van der Waals surface area contributed by atoms with Gasteiger partial charge in [0.15, 0.2) is 0 Å². The van der Waals surface area contributed by atoms with Crippen LogP contribution in [0, 0.1) is 0 Å². The molecular weight excluding hydrogens is 360 g/mol. The molecule has 1 atom stereocenters. The molecule has 2 aromatic heterocycles. The molecule has 1 aliphatic rings. The number of rotatable bonds is 6. The number of aromatic nitrogens is 2. The zero-order valence-electron chi connectivity index (χ0n) is 15.4. The topological polar surface area (TPSA) is 70.5 Å². The fraction of sp³-hybridized carbons (Fsp3) is 0.400. The molecule has 0 saturated carbocycles. The summed E-state index contributed by atoms with van der Waals surface area (Å²) in [5, 5.41) is 16.0. The third-order valence-corrected chi connectivity index (χ3v) is 5.56. The lowest BCUT2D eigenvalue weighted by atomic mass is 10.1. The predicted molar refractivity (Wildman–Crippen MR) is 109 cm³/mol. The molecule has 4 rings (SSSR count). The smallest absolute Gasteiger partial charge is 0.146 e. The molecule has 1 aromatic carbocycles. The molecule has 0 spiro atoms. The molecule has 1 fully saturated rings. The highest BCUT2D eigenvalue weighted by molar-refractivity contribution is 7.17. The second-order valence-electron chi connectivity index (χ2n) is 6.80. The standard InChI is InChI=1S/C20H24N4O2S/c1-14(12-25)21-19-18-16(15-5-3-2-4-6-15)13-27-20(18)23-17(22-19)11-24-7-9-26-10-8-24/h2-6,13-14,25H,7-12H2,1H3,(H,21,22,23). The lowest BCUT2D eigenvalue weighted by Crippen LogP contribution is -2.36. The Kier molecular flexibility index (Phi) is 5.63. The maximum Gasteiger partial charge on any atom is 0.146 e. The monoisotopic (exact) mass is 384 g/mol. The molecule has 0 bridgehead atoms. The van der Waals surface area contributed by atoms with Crippen LogP contribution in [0.5, 0.6) is 0 Å². The molecule has 0 amide bonds. The summed E-state index contributed by atoms with van der Waals surface area (Å²) in [7, 11) is 0. The van der Waals surface area contributed by atoms with Gasteiger partial charge in [0.05, 0.1) is 31.8 Å². The van der Waals surface area contributed by atoms with Crippen LogP contribution in [0.2, 0.25) is 0 Å². The van der Waals surface area contributed by atoms with E-state index < -0.39 is 0 Å². The second kappa shape index (κ2) is 8.31. The van der Waals surface area contributed by atoms with Gasteiger partial charge in [-0.2, -0.15) is 0 Å². The summed E-state index contributed by atoms with van der Waals surface area (Å²) in [6.45, 7) is 6.02. The van der Waals surface area contributed by atoms with Crippen molar-refractivity contribution in [1.82, 2.24) is 14.9 Å². The zero-order chi connectivity index (χ0) is 18.6. The van der Waals surface area contributed by atoms with Crippen molar-refractivity contribution >= 4 is 27.4 Å². The van der Waals surface area contributed by atoms with E-state index in [1.807, 2.05) is 25.1 Å². The normalized spacial score (nSPS) is 16.5. The first-order valence-corrected chi connectivity index (χ1v) is 10.1. The zero-order valence-corrected chi connectivity index (χ0v) is 16.2. The van der Waals surface area contributed by atoms with Crippen molar-refractivity contribution in [2.45, 2.75) is 19.5 Å². The average molecular weight is 385 g/mol. The predicted octanol–water partition coefficient (Wildman–Crippen LogP) is 2.98. The van der Waals surface area contributed by atoms with Gasteiger partial charge in [0.2, 0.25) is 0 Å². The minimum absolute atomic E-state index is 0.0507. The molecule has 0 aliphatic carbocycles. The number of fused-ring (bicyclic) bond motifs is 1.